The van der Waals surface area contributed by atoms with Crippen molar-refractivity contribution in [3.8, 4) is 0 Å². The van der Waals surface area contributed by atoms with E-state index in [9.17, 15) is 4.39 Å². The quantitative estimate of drug-likeness (QED) is 0.887. The van der Waals surface area contributed by atoms with Crippen LogP contribution in [0.3, 0.4) is 0 Å². The van der Waals surface area contributed by atoms with Crippen LogP contribution in [0.15, 0.2) is 18.2 Å². The molecule has 0 aromatic heterocycles. The van der Waals surface area contributed by atoms with Gasteiger partial charge in [-0.3, -0.25) is 4.90 Å². The molecule has 1 aliphatic rings. The number of aryl methyl sites for hydroxylation is 1. The second-order valence-electron chi connectivity index (χ2n) is 6.24. The number of halogens is 1. The van der Waals surface area contributed by atoms with Crippen LogP contribution in [-0.4, -0.2) is 30.1 Å². The molecule has 112 valence electrons. The lowest BCUT2D eigenvalue weighted by molar-refractivity contribution is 0.176. The number of rotatable bonds is 5. The summed E-state index contributed by atoms with van der Waals surface area (Å²) >= 11 is 0. The molecule has 0 aliphatic carbocycles. The maximum Gasteiger partial charge on any atom is 0.123 e. The van der Waals surface area contributed by atoms with Crippen LogP contribution in [0.5, 0.6) is 0 Å². The fourth-order valence-electron chi connectivity index (χ4n) is 2.85. The average molecular weight is 278 g/mol. The Balaban J connectivity index is 2.02. The van der Waals surface area contributed by atoms with Crippen molar-refractivity contribution in [2.75, 3.05) is 13.1 Å². The molecule has 0 saturated carbocycles. The third-order valence-electron chi connectivity index (χ3n) is 4.28. The van der Waals surface area contributed by atoms with E-state index in [1.807, 2.05) is 6.07 Å². The van der Waals surface area contributed by atoms with E-state index in [1.165, 1.54) is 24.8 Å². The molecule has 1 aliphatic heterocycles. The van der Waals surface area contributed by atoms with Crippen molar-refractivity contribution in [3.05, 3.63) is 35.1 Å². The molecule has 1 aromatic carbocycles. The van der Waals surface area contributed by atoms with Crippen LogP contribution in [0.1, 0.15) is 44.2 Å². The maximum absolute atomic E-state index is 13.4. The van der Waals surface area contributed by atoms with Crippen LogP contribution in [0.25, 0.3) is 0 Å². The highest BCUT2D eigenvalue weighted by molar-refractivity contribution is 5.26. The first-order valence-electron chi connectivity index (χ1n) is 7.78. The zero-order valence-electron chi connectivity index (χ0n) is 13.0. The van der Waals surface area contributed by atoms with Gasteiger partial charge in [-0.25, -0.2) is 4.39 Å². The summed E-state index contributed by atoms with van der Waals surface area (Å²) in [6, 6.07) is 6.16. The molecule has 2 rings (SSSR count). The van der Waals surface area contributed by atoms with Crippen LogP contribution < -0.4 is 5.32 Å². The number of piperidine rings is 1. The minimum atomic E-state index is -0.134. The van der Waals surface area contributed by atoms with E-state index < -0.39 is 0 Å². The van der Waals surface area contributed by atoms with E-state index in [4.69, 9.17) is 0 Å². The molecule has 1 heterocycles. The van der Waals surface area contributed by atoms with E-state index in [0.29, 0.717) is 12.1 Å². The van der Waals surface area contributed by atoms with Gasteiger partial charge in [0, 0.05) is 25.2 Å². The number of nitrogens with one attached hydrogen (secondary N) is 1. The molecule has 1 aromatic rings. The van der Waals surface area contributed by atoms with Crippen molar-refractivity contribution >= 4 is 0 Å². The smallest absolute Gasteiger partial charge is 0.123 e. The lowest BCUT2D eigenvalue weighted by Crippen LogP contribution is -2.45. The first kappa shape index (κ1) is 15.5. The molecule has 0 bridgehead atoms. The molecule has 0 spiro atoms. The molecule has 20 heavy (non-hydrogen) atoms. The molecule has 1 atom stereocenters. The van der Waals surface area contributed by atoms with Crippen LogP contribution >= 0.6 is 0 Å². The van der Waals surface area contributed by atoms with E-state index in [2.05, 4.69) is 31.0 Å². The van der Waals surface area contributed by atoms with Crippen molar-refractivity contribution in [3.63, 3.8) is 0 Å². The van der Waals surface area contributed by atoms with Gasteiger partial charge >= 0.3 is 0 Å². The Kier molecular flexibility index (Phi) is 5.55. The third kappa shape index (κ3) is 4.29. The van der Waals surface area contributed by atoms with E-state index in [1.54, 1.807) is 12.1 Å². The SMILES string of the molecule is Cc1ccc(F)cc1CN(CC1CCCCN1)C(C)C. The molecule has 0 radical (unpaired) electrons. The fraction of sp³-hybridized carbons (Fsp3) is 0.647. The van der Waals surface area contributed by atoms with Gasteiger partial charge in [-0.1, -0.05) is 12.5 Å². The Labute approximate surface area is 122 Å². The minimum Gasteiger partial charge on any atom is -0.313 e. The normalized spacial score (nSPS) is 19.8. The van der Waals surface area contributed by atoms with Gasteiger partial charge in [-0.05, 0) is 63.4 Å². The van der Waals surface area contributed by atoms with Crippen LogP contribution in [0, 0.1) is 12.7 Å². The lowest BCUT2D eigenvalue weighted by atomic mass is 10.0. The Bertz CT molecular complexity index is 425. The first-order chi connectivity index (χ1) is 9.56. The van der Waals surface area contributed by atoms with Gasteiger partial charge in [0.2, 0.25) is 0 Å². The van der Waals surface area contributed by atoms with Crippen LogP contribution in [-0.2, 0) is 6.54 Å². The Morgan fingerprint density at radius 3 is 2.80 bits per heavy atom. The summed E-state index contributed by atoms with van der Waals surface area (Å²) in [4.78, 5) is 2.45. The number of hydrogen-bond donors (Lipinski definition) is 1. The first-order valence-corrected chi connectivity index (χ1v) is 7.78. The van der Waals surface area contributed by atoms with Crippen molar-refractivity contribution in [1.29, 1.82) is 0 Å². The number of hydrogen-bond acceptors (Lipinski definition) is 2. The lowest BCUT2D eigenvalue weighted by Gasteiger charge is -2.33. The Hall–Kier alpha value is -0.930. The van der Waals surface area contributed by atoms with E-state index >= 15 is 0 Å². The summed E-state index contributed by atoms with van der Waals surface area (Å²) in [5.41, 5.74) is 2.28. The highest BCUT2D eigenvalue weighted by Gasteiger charge is 2.19. The minimum absolute atomic E-state index is 0.134. The van der Waals surface area contributed by atoms with Gasteiger partial charge in [-0.15, -0.1) is 0 Å². The highest BCUT2D eigenvalue weighted by Crippen LogP contribution is 2.17. The zero-order valence-corrected chi connectivity index (χ0v) is 13.0. The summed E-state index contributed by atoms with van der Waals surface area (Å²) in [6.07, 6.45) is 3.87. The molecule has 0 amide bonds. The van der Waals surface area contributed by atoms with Crippen molar-refractivity contribution < 1.29 is 4.39 Å². The Morgan fingerprint density at radius 2 is 2.15 bits per heavy atom. The van der Waals surface area contributed by atoms with Gasteiger partial charge in [-0.2, -0.15) is 0 Å². The molecule has 1 fully saturated rings. The molecule has 1 unspecified atom stereocenters. The summed E-state index contributed by atoms with van der Waals surface area (Å²) < 4.78 is 13.4. The topological polar surface area (TPSA) is 15.3 Å². The van der Waals surface area contributed by atoms with E-state index in [0.717, 1.165) is 25.2 Å². The van der Waals surface area contributed by atoms with Gasteiger partial charge in [0.15, 0.2) is 0 Å². The van der Waals surface area contributed by atoms with Crippen molar-refractivity contribution in [2.45, 2.75) is 58.7 Å². The predicted molar refractivity (Wildman–Crippen MR) is 82.3 cm³/mol. The van der Waals surface area contributed by atoms with Gasteiger partial charge in [0.25, 0.3) is 0 Å². The van der Waals surface area contributed by atoms with E-state index in [-0.39, 0.29) is 5.82 Å². The van der Waals surface area contributed by atoms with Gasteiger partial charge in [0.1, 0.15) is 5.82 Å². The monoisotopic (exact) mass is 278 g/mol. The summed E-state index contributed by atoms with van der Waals surface area (Å²) in [6.45, 7) is 9.52. The number of benzene rings is 1. The molecular formula is C17H27FN2. The highest BCUT2D eigenvalue weighted by atomic mass is 19.1. The predicted octanol–water partition coefficient (Wildman–Crippen LogP) is 3.49. The summed E-state index contributed by atoms with van der Waals surface area (Å²) in [5, 5.41) is 3.60. The maximum atomic E-state index is 13.4. The molecule has 3 heteroatoms. The van der Waals surface area contributed by atoms with Gasteiger partial charge < -0.3 is 5.32 Å². The second kappa shape index (κ2) is 7.19. The largest absolute Gasteiger partial charge is 0.313 e. The fourth-order valence-corrected chi connectivity index (χ4v) is 2.85. The van der Waals surface area contributed by atoms with Crippen LogP contribution in [0.4, 0.5) is 4.39 Å². The standard InChI is InChI=1S/C17H27FN2/c1-13(2)20(12-17-6-4-5-9-19-17)11-15-10-16(18)8-7-14(15)3/h7-8,10,13,17,19H,4-6,9,11-12H2,1-3H3. The average Bonchev–Trinajstić information content (AvgIpc) is 2.43. The second-order valence-corrected chi connectivity index (χ2v) is 6.24. The van der Waals surface area contributed by atoms with Crippen LogP contribution in [0.2, 0.25) is 0 Å². The summed E-state index contributed by atoms with van der Waals surface area (Å²) in [5.74, 6) is -0.134. The van der Waals surface area contributed by atoms with Gasteiger partial charge in [0.05, 0.1) is 0 Å². The zero-order chi connectivity index (χ0) is 14.5. The molecular weight excluding hydrogens is 251 g/mol. The molecule has 1 N–H and O–H groups in total. The third-order valence-corrected chi connectivity index (χ3v) is 4.28. The number of nitrogens with zero attached hydrogens (tertiary/aromatic N) is 1. The Morgan fingerprint density at radius 1 is 1.35 bits per heavy atom. The molecule has 2 nitrogen and oxygen atoms in total. The van der Waals surface area contributed by atoms with Crippen molar-refractivity contribution in [2.24, 2.45) is 0 Å². The summed E-state index contributed by atoms with van der Waals surface area (Å²) in [7, 11) is 0. The molecule has 1 saturated heterocycles. The van der Waals surface area contributed by atoms with Crippen molar-refractivity contribution in [1.82, 2.24) is 10.2 Å².